The molecule has 3 heterocycles. The molecule has 0 fully saturated rings. The predicted octanol–water partition coefficient (Wildman–Crippen LogP) is 4.26. The van der Waals surface area contributed by atoms with Gasteiger partial charge in [-0.1, -0.05) is 35.9 Å². The third-order valence-corrected chi connectivity index (χ3v) is 4.11. The maximum absolute atomic E-state index is 6.24. The average Bonchev–Trinajstić information content (AvgIpc) is 2.99. The normalized spacial score (nSPS) is 11.4. The van der Waals surface area contributed by atoms with E-state index in [1.165, 1.54) is 0 Å². The standard InChI is InChI=1S/C14H8ClN3S/c15-13-10-4-2-1-3-9(10)7-11(16-13)12-8-18-5-6-19-14(18)17-12/h1-8H. The van der Waals surface area contributed by atoms with Crippen LogP contribution in [0, 0.1) is 0 Å². The Bertz CT molecular complexity index is 865. The van der Waals surface area contributed by atoms with E-state index in [-0.39, 0.29) is 0 Å². The van der Waals surface area contributed by atoms with E-state index in [1.807, 2.05) is 52.5 Å². The molecule has 0 atom stereocenters. The lowest BCUT2D eigenvalue weighted by molar-refractivity contribution is 1.23. The molecule has 19 heavy (non-hydrogen) atoms. The van der Waals surface area contributed by atoms with Gasteiger partial charge in [-0.15, -0.1) is 11.3 Å². The number of benzene rings is 1. The van der Waals surface area contributed by atoms with Crippen LogP contribution in [0.15, 0.2) is 48.1 Å². The van der Waals surface area contributed by atoms with Gasteiger partial charge in [0.2, 0.25) is 0 Å². The van der Waals surface area contributed by atoms with Crippen molar-refractivity contribution in [3.05, 3.63) is 53.3 Å². The number of aromatic nitrogens is 3. The lowest BCUT2D eigenvalue weighted by Crippen LogP contribution is -1.86. The minimum absolute atomic E-state index is 0.518. The van der Waals surface area contributed by atoms with Gasteiger partial charge in [-0.25, -0.2) is 9.97 Å². The first kappa shape index (κ1) is 11.0. The Kier molecular flexibility index (Phi) is 2.33. The number of halogens is 1. The molecule has 4 aromatic rings. The van der Waals surface area contributed by atoms with Gasteiger partial charge in [-0.05, 0) is 11.5 Å². The molecule has 0 bridgehead atoms. The Morgan fingerprint density at radius 3 is 2.89 bits per heavy atom. The summed E-state index contributed by atoms with van der Waals surface area (Å²) in [6.45, 7) is 0. The van der Waals surface area contributed by atoms with E-state index >= 15 is 0 Å². The molecule has 0 radical (unpaired) electrons. The van der Waals surface area contributed by atoms with Crippen LogP contribution in [0.3, 0.4) is 0 Å². The Labute approximate surface area is 118 Å². The van der Waals surface area contributed by atoms with Crippen LogP contribution in [-0.2, 0) is 0 Å². The van der Waals surface area contributed by atoms with E-state index in [1.54, 1.807) is 11.3 Å². The van der Waals surface area contributed by atoms with Crippen LogP contribution in [0.25, 0.3) is 27.1 Å². The number of imidazole rings is 1. The number of hydrogen-bond donors (Lipinski definition) is 0. The molecule has 3 aromatic heterocycles. The number of rotatable bonds is 1. The zero-order valence-electron chi connectivity index (χ0n) is 9.75. The summed E-state index contributed by atoms with van der Waals surface area (Å²) in [6, 6.07) is 9.98. The van der Waals surface area contributed by atoms with Gasteiger partial charge in [0.25, 0.3) is 0 Å². The molecular weight excluding hydrogens is 278 g/mol. The van der Waals surface area contributed by atoms with Crippen LogP contribution in [0.2, 0.25) is 5.15 Å². The van der Waals surface area contributed by atoms with E-state index in [0.717, 1.165) is 27.1 Å². The average molecular weight is 286 g/mol. The van der Waals surface area contributed by atoms with Gasteiger partial charge in [-0.3, -0.25) is 4.40 Å². The predicted molar refractivity (Wildman–Crippen MR) is 78.8 cm³/mol. The number of hydrogen-bond acceptors (Lipinski definition) is 3. The third kappa shape index (κ3) is 1.72. The summed E-state index contributed by atoms with van der Waals surface area (Å²) >= 11 is 7.84. The first-order chi connectivity index (χ1) is 9.31. The molecule has 92 valence electrons. The van der Waals surface area contributed by atoms with E-state index < -0.39 is 0 Å². The van der Waals surface area contributed by atoms with Gasteiger partial charge in [-0.2, -0.15) is 0 Å². The van der Waals surface area contributed by atoms with Crippen molar-refractivity contribution >= 4 is 38.7 Å². The molecule has 1 aromatic carbocycles. The Hall–Kier alpha value is -1.91. The number of nitrogens with zero attached hydrogens (tertiary/aromatic N) is 3. The van der Waals surface area contributed by atoms with Crippen LogP contribution < -0.4 is 0 Å². The first-order valence-electron chi connectivity index (χ1n) is 5.79. The Balaban J connectivity index is 1.97. The Morgan fingerprint density at radius 2 is 2.00 bits per heavy atom. The van der Waals surface area contributed by atoms with Crippen LogP contribution in [0.1, 0.15) is 0 Å². The van der Waals surface area contributed by atoms with Crippen LogP contribution in [0.4, 0.5) is 0 Å². The summed E-state index contributed by atoms with van der Waals surface area (Å²) in [4.78, 5) is 9.95. The zero-order chi connectivity index (χ0) is 12.8. The highest BCUT2D eigenvalue weighted by atomic mass is 35.5. The van der Waals surface area contributed by atoms with Crippen molar-refractivity contribution in [1.82, 2.24) is 14.4 Å². The summed E-state index contributed by atoms with van der Waals surface area (Å²) in [5, 5.41) is 4.57. The van der Waals surface area contributed by atoms with E-state index in [9.17, 15) is 0 Å². The quantitative estimate of drug-likeness (QED) is 0.489. The second kappa shape index (κ2) is 4.05. The third-order valence-electron chi connectivity index (χ3n) is 3.05. The molecule has 0 unspecified atom stereocenters. The summed E-state index contributed by atoms with van der Waals surface area (Å²) in [5.41, 5.74) is 1.65. The molecule has 5 heteroatoms. The van der Waals surface area contributed by atoms with Crippen molar-refractivity contribution in [3.8, 4) is 11.4 Å². The maximum Gasteiger partial charge on any atom is 0.194 e. The highest BCUT2D eigenvalue weighted by Gasteiger charge is 2.09. The molecule has 3 nitrogen and oxygen atoms in total. The minimum Gasteiger partial charge on any atom is -0.297 e. The van der Waals surface area contributed by atoms with Crippen LogP contribution in [-0.4, -0.2) is 14.4 Å². The molecule has 0 aliphatic carbocycles. The monoisotopic (exact) mass is 285 g/mol. The van der Waals surface area contributed by atoms with Crippen molar-refractivity contribution in [2.75, 3.05) is 0 Å². The van der Waals surface area contributed by atoms with Crippen molar-refractivity contribution < 1.29 is 0 Å². The van der Waals surface area contributed by atoms with Gasteiger partial charge in [0.1, 0.15) is 10.8 Å². The summed E-state index contributed by atoms with van der Waals surface area (Å²) < 4.78 is 1.99. The molecule has 0 saturated heterocycles. The highest BCUT2D eigenvalue weighted by Crippen LogP contribution is 2.27. The van der Waals surface area contributed by atoms with Gasteiger partial charge in [0.15, 0.2) is 4.96 Å². The molecule has 0 aliphatic heterocycles. The smallest absolute Gasteiger partial charge is 0.194 e. The fraction of sp³-hybridized carbons (Fsp3) is 0. The highest BCUT2D eigenvalue weighted by molar-refractivity contribution is 7.15. The van der Waals surface area contributed by atoms with Crippen LogP contribution >= 0.6 is 22.9 Å². The first-order valence-corrected chi connectivity index (χ1v) is 7.05. The van der Waals surface area contributed by atoms with E-state index in [4.69, 9.17) is 11.6 Å². The van der Waals surface area contributed by atoms with Gasteiger partial charge >= 0.3 is 0 Å². The summed E-state index contributed by atoms with van der Waals surface area (Å²) in [5.74, 6) is 0. The lowest BCUT2D eigenvalue weighted by Gasteiger charge is -2.02. The number of pyridine rings is 1. The van der Waals surface area contributed by atoms with Crippen molar-refractivity contribution in [1.29, 1.82) is 0 Å². The van der Waals surface area contributed by atoms with E-state index in [2.05, 4.69) is 9.97 Å². The second-order valence-corrected chi connectivity index (χ2v) is 5.47. The topological polar surface area (TPSA) is 30.2 Å². The maximum atomic E-state index is 6.24. The van der Waals surface area contributed by atoms with Gasteiger partial charge < -0.3 is 0 Å². The summed E-state index contributed by atoms with van der Waals surface area (Å²) in [6.07, 6.45) is 3.96. The van der Waals surface area contributed by atoms with Crippen molar-refractivity contribution in [3.63, 3.8) is 0 Å². The van der Waals surface area contributed by atoms with Crippen LogP contribution in [0.5, 0.6) is 0 Å². The minimum atomic E-state index is 0.518. The number of thiazole rings is 1. The SMILES string of the molecule is Clc1nc(-c2cn3ccsc3n2)cc2ccccc12. The van der Waals surface area contributed by atoms with E-state index in [0.29, 0.717) is 5.15 Å². The fourth-order valence-corrected chi connectivity index (χ4v) is 3.10. The zero-order valence-corrected chi connectivity index (χ0v) is 11.3. The molecule has 0 spiro atoms. The second-order valence-electron chi connectivity index (χ2n) is 4.24. The molecule has 4 rings (SSSR count). The molecule has 0 amide bonds. The largest absolute Gasteiger partial charge is 0.297 e. The summed E-state index contributed by atoms with van der Waals surface area (Å²) in [7, 11) is 0. The van der Waals surface area contributed by atoms with Gasteiger partial charge in [0, 0.05) is 23.2 Å². The van der Waals surface area contributed by atoms with Crippen molar-refractivity contribution in [2.24, 2.45) is 0 Å². The molecule has 0 aliphatic rings. The lowest BCUT2D eigenvalue weighted by atomic mass is 10.1. The van der Waals surface area contributed by atoms with Gasteiger partial charge in [0.05, 0.1) is 5.69 Å². The van der Waals surface area contributed by atoms with Crippen molar-refractivity contribution in [2.45, 2.75) is 0 Å². The molecular formula is C14H8ClN3S. The number of fused-ring (bicyclic) bond motifs is 2. The Morgan fingerprint density at radius 1 is 1.11 bits per heavy atom. The fourth-order valence-electron chi connectivity index (χ4n) is 2.14. The molecule has 0 N–H and O–H groups in total. The molecule has 0 saturated carbocycles.